The predicted octanol–water partition coefficient (Wildman–Crippen LogP) is 3.64. The third-order valence-electron chi connectivity index (χ3n) is 6.78. The summed E-state index contributed by atoms with van der Waals surface area (Å²) in [6.07, 6.45) is 7.73. The van der Waals surface area contributed by atoms with Crippen molar-refractivity contribution in [1.82, 2.24) is 20.5 Å². The van der Waals surface area contributed by atoms with E-state index in [0.29, 0.717) is 11.3 Å². The summed E-state index contributed by atoms with van der Waals surface area (Å²) in [5.41, 5.74) is 1.49. The van der Waals surface area contributed by atoms with E-state index in [0.717, 1.165) is 62.6 Å². The smallest absolute Gasteiger partial charge is 0.208 e. The van der Waals surface area contributed by atoms with E-state index in [1.165, 1.54) is 38.5 Å². The number of guanidine groups is 1. The summed E-state index contributed by atoms with van der Waals surface area (Å²) in [5.74, 6) is 3.50. The molecule has 1 saturated carbocycles. The monoisotopic (exact) mass is 389 g/mol. The molecule has 28 heavy (non-hydrogen) atoms. The lowest BCUT2D eigenvalue weighted by atomic mass is 9.67. The van der Waals surface area contributed by atoms with Gasteiger partial charge in [0.05, 0.1) is 12.2 Å². The number of oxazole rings is 1. The highest BCUT2D eigenvalue weighted by Gasteiger charge is 2.34. The summed E-state index contributed by atoms with van der Waals surface area (Å²) in [7, 11) is 0. The molecular weight excluding hydrogens is 350 g/mol. The number of aryl methyl sites for hydroxylation is 2. The summed E-state index contributed by atoms with van der Waals surface area (Å²) in [5, 5.41) is 7.02. The molecule has 0 unspecified atom stereocenters. The molecule has 6 nitrogen and oxygen atoms in total. The fourth-order valence-electron chi connectivity index (χ4n) is 4.28. The molecule has 0 aromatic carbocycles. The molecule has 2 fully saturated rings. The number of hydrogen-bond acceptors (Lipinski definition) is 4. The summed E-state index contributed by atoms with van der Waals surface area (Å²) < 4.78 is 5.74. The first-order valence-corrected chi connectivity index (χ1v) is 11.2. The Bertz CT molecular complexity index is 616. The van der Waals surface area contributed by atoms with Gasteiger partial charge in [-0.1, -0.05) is 13.3 Å². The topological polar surface area (TPSA) is 65.7 Å². The van der Waals surface area contributed by atoms with Crippen molar-refractivity contribution in [3.63, 3.8) is 0 Å². The van der Waals surface area contributed by atoms with Gasteiger partial charge in [0, 0.05) is 19.6 Å². The number of aromatic nitrogens is 1. The van der Waals surface area contributed by atoms with Crippen molar-refractivity contribution >= 4 is 5.96 Å². The van der Waals surface area contributed by atoms with Crippen LogP contribution in [0.25, 0.3) is 0 Å². The predicted molar refractivity (Wildman–Crippen MR) is 115 cm³/mol. The molecule has 1 aromatic rings. The Labute approximate surface area is 170 Å². The van der Waals surface area contributed by atoms with Crippen molar-refractivity contribution in [2.75, 3.05) is 32.7 Å². The van der Waals surface area contributed by atoms with Gasteiger partial charge in [0.2, 0.25) is 5.89 Å². The molecule has 1 aliphatic heterocycles. The Hall–Kier alpha value is -1.56. The van der Waals surface area contributed by atoms with Gasteiger partial charge in [-0.2, -0.15) is 0 Å². The maximum Gasteiger partial charge on any atom is 0.208 e. The van der Waals surface area contributed by atoms with Crippen LogP contribution in [0, 0.1) is 25.2 Å². The van der Waals surface area contributed by atoms with Crippen LogP contribution in [0.5, 0.6) is 0 Å². The maximum absolute atomic E-state index is 5.74. The molecule has 2 N–H and O–H groups in total. The van der Waals surface area contributed by atoms with Crippen LogP contribution in [0.15, 0.2) is 9.41 Å². The van der Waals surface area contributed by atoms with Gasteiger partial charge in [-0.15, -0.1) is 0 Å². The SMILES string of the molecule is CCNC(=NCC1(CC)CCC1)NCC1CCN(Cc2nc(C)c(C)o2)CC1. The quantitative estimate of drug-likeness (QED) is 0.525. The lowest BCUT2D eigenvalue weighted by Crippen LogP contribution is -2.43. The molecule has 0 spiro atoms. The molecule has 2 heterocycles. The first kappa shape index (κ1) is 21.2. The van der Waals surface area contributed by atoms with Crippen molar-refractivity contribution in [3.8, 4) is 0 Å². The number of nitrogens with zero attached hydrogens (tertiary/aromatic N) is 3. The second-order valence-corrected chi connectivity index (χ2v) is 8.75. The lowest BCUT2D eigenvalue weighted by Gasteiger charge is -2.40. The van der Waals surface area contributed by atoms with E-state index in [2.05, 4.69) is 34.4 Å². The zero-order valence-corrected chi connectivity index (χ0v) is 18.3. The zero-order valence-electron chi connectivity index (χ0n) is 18.3. The minimum atomic E-state index is 0.476. The maximum atomic E-state index is 5.74. The zero-order chi connectivity index (χ0) is 20.0. The molecule has 1 saturated heterocycles. The van der Waals surface area contributed by atoms with Crippen LogP contribution in [0.4, 0.5) is 0 Å². The Kier molecular flexibility index (Phi) is 7.38. The largest absolute Gasteiger partial charge is 0.444 e. The Morgan fingerprint density at radius 2 is 1.96 bits per heavy atom. The fourth-order valence-corrected chi connectivity index (χ4v) is 4.28. The van der Waals surface area contributed by atoms with Gasteiger partial charge in [0.15, 0.2) is 5.96 Å². The van der Waals surface area contributed by atoms with E-state index in [-0.39, 0.29) is 0 Å². The van der Waals surface area contributed by atoms with Crippen LogP contribution in [0.1, 0.15) is 69.7 Å². The number of rotatable bonds is 8. The first-order chi connectivity index (χ1) is 13.5. The van der Waals surface area contributed by atoms with Crippen LogP contribution in [0.2, 0.25) is 0 Å². The standard InChI is InChI=1S/C22H39N5O/c1-5-22(10-7-11-22)16-25-21(23-6-2)24-14-19-8-12-27(13-9-19)15-20-26-17(3)18(4)28-20/h19H,5-16H2,1-4H3,(H2,23,24,25). The highest BCUT2D eigenvalue weighted by Crippen LogP contribution is 2.43. The number of piperidine rings is 1. The third-order valence-corrected chi connectivity index (χ3v) is 6.78. The first-order valence-electron chi connectivity index (χ1n) is 11.2. The fraction of sp³-hybridized carbons (Fsp3) is 0.818. The molecule has 3 rings (SSSR count). The van der Waals surface area contributed by atoms with E-state index >= 15 is 0 Å². The van der Waals surface area contributed by atoms with Gasteiger partial charge in [0.1, 0.15) is 5.76 Å². The van der Waals surface area contributed by atoms with Gasteiger partial charge in [-0.3, -0.25) is 9.89 Å². The van der Waals surface area contributed by atoms with Crippen molar-refractivity contribution < 1.29 is 4.42 Å². The molecule has 6 heteroatoms. The number of hydrogen-bond donors (Lipinski definition) is 2. The average Bonchev–Trinajstić information content (AvgIpc) is 2.97. The number of likely N-dealkylation sites (tertiary alicyclic amines) is 1. The van der Waals surface area contributed by atoms with Crippen LogP contribution >= 0.6 is 0 Å². The average molecular weight is 390 g/mol. The second-order valence-electron chi connectivity index (χ2n) is 8.75. The Morgan fingerprint density at radius 1 is 1.21 bits per heavy atom. The third kappa shape index (κ3) is 5.49. The molecule has 158 valence electrons. The van der Waals surface area contributed by atoms with Crippen LogP contribution < -0.4 is 10.6 Å². The van der Waals surface area contributed by atoms with E-state index in [1.54, 1.807) is 0 Å². The molecule has 1 aromatic heterocycles. The Balaban J connectivity index is 1.41. The van der Waals surface area contributed by atoms with E-state index in [9.17, 15) is 0 Å². The summed E-state index contributed by atoms with van der Waals surface area (Å²) in [6.45, 7) is 14.4. The molecule has 0 bridgehead atoms. The van der Waals surface area contributed by atoms with Crippen molar-refractivity contribution in [3.05, 3.63) is 17.3 Å². The number of nitrogens with one attached hydrogen (secondary N) is 2. The minimum absolute atomic E-state index is 0.476. The summed E-state index contributed by atoms with van der Waals surface area (Å²) in [4.78, 5) is 11.9. The van der Waals surface area contributed by atoms with E-state index in [1.807, 2.05) is 13.8 Å². The molecule has 0 atom stereocenters. The highest BCUT2D eigenvalue weighted by atomic mass is 16.4. The van der Waals surface area contributed by atoms with Gasteiger partial charge < -0.3 is 15.1 Å². The lowest BCUT2D eigenvalue weighted by molar-refractivity contribution is 0.139. The van der Waals surface area contributed by atoms with Gasteiger partial charge in [0.25, 0.3) is 0 Å². The molecule has 0 radical (unpaired) electrons. The van der Waals surface area contributed by atoms with Gasteiger partial charge in [-0.05, 0) is 77.3 Å². The van der Waals surface area contributed by atoms with Gasteiger partial charge >= 0.3 is 0 Å². The molecule has 0 amide bonds. The minimum Gasteiger partial charge on any atom is -0.444 e. The van der Waals surface area contributed by atoms with E-state index < -0.39 is 0 Å². The molecule has 2 aliphatic rings. The summed E-state index contributed by atoms with van der Waals surface area (Å²) >= 11 is 0. The summed E-state index contributed by atoms with van der Waals surface area (Å²) in [6, 6.07) is 0. The Morgan fingerprint density at radius 3 is 2.50 bits per heavy atom. The van der Waals surface area contributed by atoms with Crippen LogP contribution in [-0.2, 0) is 6.54 Å². The van der Waals surface area contributed by atoms with Crippen LogP contribution in [-0.4, -0.2) is 48.6 Å². The molecule has 1 aliphatic carbocycles. The second kappa shape index (κ2) is 9.77. The van der Waals surface area contributed by atoms with Crippen molar-refractivity contribution in [2.45, 2.75) is 72.8 Å². The number of aliphatic imine (C=N–C) groups is 1. The van der Waals surface area contributed by atoms with Gasteiger partial charge in [-0.25, -0.2) is 4.98 Å². The van der Waals surface area contributed by atoms with Crippen molar-refractivity contribution in [2.24, 2.45) is 16.3 Å². The highest BCUT2D eigenvalue weighted by molar-refractivity contribution is 5.79. The van der Waals surface area contributed by atoms with Crippen molar-refractivity contribution in [1.29, 1.82) is 0 Å². The molecular formula is C22H39N5O. The van der Waals surface area contributed by atoms with Crippen LogP contribution in [0.3, 0.4) is 0 Å². The van der Waals surface area contributed by atoms with E-state index in [4.69, 9.17) is 9.41 Å². The normalized spacial score (nSPS) is 20.8.